The number of benzene rings is 2. The van der Waals surface area contributed by atoms with Gasteiger partial charge in [0.1, 0.15) is 17.5 Å². The molecule has 0 saturated carbocycles. The smallest absolute Gasteiger partial charge is 0.462 e. The van der Waals surface area contributed by atoms with Crippen molar-refractivity contribution in [3.63, 3.8) is 0 Å². The van der Waals surface area contributed by atoms with Gasteiger partial charge in [0.25, 0.3) is 11.4 Å². The number of nitrogens with zero attached hydrogens (tertiary/aromatic N) is 2. The second-order valence-electron chi connectivity index (χ2n) is 6.52. The maximum atomic E-state index is 13.4. The van der Waals surface area contributed by atoms with Gasteiger partial charge in [-0.1, -0.05) is 0 Å². The molecule has 0 aliphatic heterocycles. The molecule has 0 aliphatic carbocycles. The Bertz CT molecular complexity index is 930. The number of ether oxygens (including phenoxy) is 1. The zero-order valence-electron chi connectivity index (χ0n) is 16.8. The van der Waals surface area contributed by atoms with E-state index in [4.69, 9.17) is 13.8 Å². The molecular formula is C18H20N3O9P. The van der Waals surface area contributed by atoms with Gasteiger partial charge in [-0.2, -0.15) is 5.09 Å². The van der Waals surface area contributed by atoms with Crippen molar-refractivity contribution in [3.05, 3.63) is 68.8 Å². The lowest BCUT2D eigenvalue weighted by molar-refractivity contribution is -0.385. The number of hydrogen-bond acceptors (Lipinski definition) is 9. The molecule has 0 spiro atoms. The second-order valence-corrected chi connectivity index (χ2v) is 8.14. The molecule has 2 aromatic rings. The Balaban J connectivity index is 2.28. The number of nitro groups is 2. The van der Waals surface area contributed by atoms with Gasteiger partial charge in [-0.3, -0.25) is 25.0 Å². The van der Waals surface area contributed by atoms with E-state index in [2.05, 4.69) is 5.09 Å². The lowest BCUT2D eigenvalue weighted by atomic mass is 10.3. The lowest BCUT2D eigenvalue weighted by Crippen LogP contribution is -2.36. The molecule has 0 fully saturated rings. The molecule has 1 N–H and O–H groups in total. The monoisotopic (exact) mass is 453 g/mol. The molecule has 0 aliphatic rings. The van der Waals surface area contributed by atoms with Gasteiger partial charge in [0.05, 0.1) is 16.0 Å². The van der Waals surface area contributed by atoms with Crippen LogP contribution < -0.4 is 14.1 Å². The van der Waals surface area contributed by atoms with Crippen molar-refractivity contribution < 1.29 is 33.0 Å². The van der Waals surface area contributed by atoms with E-state index in [-0.39, 0.29) is 22.9 Å². The van der Waals surface area contributed by atoms with Crippen LogP contribution >= 0.6 is 7.75 Å². The molecule has 0 saturated heterocycles. The van der Waals surface area contributed by atoms with E-state index in [9.17, 15) is 29.6 Å². The molecule has 0 unspecified atom stereocenters. The van der Waals surface area contributed by atoms with Crippen LogP contribution in [0.1, 0.15) is 20.8 Å². The van der Waals surface area contributed by atoms with Gasteiger partial charge >= 0.3 is 13.7 Å². The van der Waals surface area contributed by atoms with Gasteiger partial charge in [-0.25, -0.2) is 4.57 Å². The highest BCUT2D eigenvalue weighted by atomic mass is 31.2. The predicted molar refractivity (Wildman–Crippen MR) is 109 cm³/mol. The SMILES string of the molecule is CC(C)OC(=O)[C@H](C)NP(=O)(Oc1ccc([N+](=O)[O-])cc1)Oc1ccc([N+](=O)[O-])cc1. The van der Waals surface area contributed by atoms with E-state index >= 15 is 0 Å². The molecular weight excluding hydrogens is 433 g/mol. The van der Waals surface area contributed by atoms with Crippen LogP contribution in [0.2, 0.25) is 0 Å². The molecule has 0 aromatic heterocycles. The Morgan fingerprint density at radius 3 is 1.58 bits per heavy atom. The molecule has 2 rings (SSSR count). The molecule has 0 amide bonds. The molecule has 0 radical (unpaired) electrons. The van der Waals surface area contributed by atoms with Crippen molar-refractivity contribution >= 4 is 25.1 Å². The van der Waals surface area contributed by atoms with Crippen molar-refractivity contribution in [2.45, 2.75) is 32.9 Å². The minimum atomic E-state index is -4.28. The maximum absolute atomic E-state index is 13.4. The quantitative estimate of drug-likeness (QED) is 0.241. The second kappa shape index (κ2) is 10.0. The van der Waals surface area contributed by atoms with Crippen LogP contribution in [-0.2, 0) is 14.1 Å². The van der Waals surface area contributed by atoms with Crippen molar-refractivity contribution in [3.8, 4) is 11.5 Å². The first-order chi connectivity index (χ1) is 14.5. The van der Waals surface area contributed by atoms with Crippen LogP contribution in [0, 0.1) is 20.2 Å². The van der Waals surface area contributed by atoms with E-state index in [1.165, 1.54) is 31.2 Å². The Hall–Kier alpha value is -3.50. The van der Waals surface area contributed by atoms with E-state index < -0.39 is 35.7 Å². The van der Waals surface area contributed by atoms with E-state index in [1.54, 1.807) is 13.8 Å². The number of esters is 1. The standard InChI is InChI=1S/C18H20N3O9P/c1-12(2)28-18(22)13(3)19-31(27,29-16-8-4-14(5-9-16)20(23)24)30-17-10-6-15(7-11-17)21(25)26/h4-13H,1-3H3,(H,19,27)/t13-/m0/s1. The molecule has 13 heteroatoms. The average molecular weight is 453 g/mol. The number of nitro benzene ring substituents is 2. The van der Waals surface area contributed by atoms with Crippen LogP contribution in [0.15, 0.2) is 48.5 Å². The summed E-state index contributed by atoms with van der Waals surface area (Å²) in [6, 6.07) is 8.30. The van der Waals surface area contributed by atoms with Gasteiger partial charge < -0.3 is 13.8 Å². The molecule has 166 valence electrons. The number of carbonyl (C=O) groups is 1. The zero-order chi connectivity index (χ0) is 23.2. The molecule has 0 bridgehead atoms. The minimum Gasteiger partial charge on any atom is -0.462 e. The highest BCUT2D eigenvalue weighted by Gasteiger charge is 2.34. The fourth-order valence-corrected chi connectivity index (χ4v) is 3.75. The summed E-state index contributed by atoms with van der Waals surface area (Å²) in [6.45, 7) is 4.67. The first kappa shape index (κ1) is 23.8. The molecule has 31 heavy (non-hydrogen) atoms. The summed E-state index contributed by atoms with van der Waals surface area (Å²) in [7, 11) is -4.28. The van der Waals surface area contributed by atoms with Crippen molar-refractivity contribution in [2.24, 2.45) is 0 Å². The predicted octanol–water partition coefficient (Wildman–Crippen LogP) is 4.00. The highest BCUT2D eigenvalue weighted by Crippen LogP contribution is 2.45. The van der Waals surface area contributed by atoms with Gasteiger partial charge in [0.15, 0.2) is 0 Å². The first-order valence-corrected chi connectivity index (χ1v) is 10.5. The summed E-state index contributed by atoms with van der Waals surface area (Å²) in [4.78, 5) is 32.5. The number of rotatable bonds is 10. The Morgan fingerprint density at radius 1 is 0.871 bits per heavy atom. The summed E-state index contributed by atoms with van der Waals surface area (Å²) < 4.78 is 29.2. The molecule has 0 heterocycles. The Morgan fingerprint density at radius 2 is 1.26 bits per heavy atom. The van der Waals surface area contributed by atoms with Crippen LogP contribution in [0.4, 0.5) is 11.4 Å². The van der Waals surface area contributed by atoms with E-state index in [0.29, 0.717) is 0 Å². The Labute approximate surface area is 177 Å². The Kier molecular flexibility index (Phi) is 7.67. The van der Waals surface area contributed by atoms with Crippen LogP contribution in [0.25, 0.3) is 0 Å². The molecule has 2 aromatic carbocycles. The summed E-state index contributed by atoms with van der Waals surface area (Å²) in [5, 5.41) is 24.0. The average Bonchev–Trinajstić information content (AvgIpc) is 2.68. The normalized spacial score (nSPS) is 12.1. The van der Waals surface area contributed by atoms with Crippen LogP contribution in [0.3, 0.4) is 0 Å². The van der Waals surface area contributed by atoms with E-state index in [0.717, 1.165) is 24.3 Å². The van der Waals surface area contributed by atoms with Gasteiger partial charge in [-0.05, 0) is 45.0 Å². The van der Waals surface area contributed by atoms with Gasteiger partial charge in [0.2, 0.25) is 0 Å². The summed E-state index contributed by atoms with van der Waals surface area (Å²) in [5.41, 5.74) is -0.416. The third kappa shape index (κ3) is 7.05. The molecule has 12 nitrogen and oxygen atoms in total. The topological polar surface area (TPSA) is 160 Å². The minimum absolute atomic E-state index is 0.0345. The van der Waals surface area contributed by atoms with E-state index in [1.807, 2.05) is 0 Å². The van der Waals surface area contributed by atoms with Crippen LogP contribution in [0.5, 0.6) is 11.5 Å². The van der Waals surface area contributed by atoms with Crippen LogP contribution in [-0.4, -0.2) is 28.0 Å². The van der Waals surface area contributed by atoms with Crippen molar-refractivity contribution in [2.75, 3.05) is 0 Å². The summed E-state index contributed by atoms with van der Waals surface area (Å²) >= 11 is 0. The number of carbonyl (C=O) groups excluding carboxylic acids is 1. The first-order valence-electron chi connectivity index (χ1n) is 8.95. The fraction of sp³-hybridized carbons (Fsp3) is 0.278. The summed E-state index contributed by atoms with van der Waals surface area (Å²) in [5.74, 6) is -0.782. The fourth-order valence-electron chi connectivity index (χ4n) is 2.23. The zero-order valence-corrected chi connectivity index (χ0v) is 17.7. The third-order valence-electron chi connectivity index (χ3n) is 3.60. The lowest BCUT2D eigenvalue weighted by Gasteiger charge is -2.23. The van der Waals surface area contributed by atoms with Crippen molar-refractivity contribution in [1.82, 2.24) is 5.09 Å². The number of non-ortho nitro benzene ring substituents is 2. The number of nitrogens with one attached hydrogen (secondary N) is 1. The van der Waals surface area contributed by atoms with Gasteiger partial charge in [0, 0.05) is 24.3 Å². The van der Waals surface area contributed by atoms with Crippen molar-refractivity contribution in [1.29, 1.82) is 0 Å². The highest BCUT2D eigenvalue weighted by molar-refractivity contribution is 7.52. The molecule has 1 atom stereocenters. The summed E-state index contributed by atoms with van der Waals surface area (Å²) in [6.07, 6.45) is -0.415. The third-order valence-corrected chi connectivity index (χ3v) is 5.21. The number of hydrogen-bond donors (Lipinski definition) is 1. The van der Waals surface area contributed by atoms with Gasteiger partial charge in [-0.15, -0.1) is 0 Å². The largest absolute Gasteiger partial charge is 0.513 e. The maximum Gasteiger partial charge on any atom is 0.513 e.